The second-order valence-electron chi connectivity index (χ2n) is 2.58. The van der Waals surface area contributed by atoms with Crippen molar-refractivity contribution in [3.8, 4) is 0 Å². The summed E-state index contributed by atoms with van der Waals surface area (Å²) in [5.74, 6) is 0. The molecule has 0 amide bonds. The summed E-state index contributed by atoms with van der Waals surface area (Å²) in [5.41, 5.74) is 0.754. The highest BCUT2D eigenvalue weighted by atomic mass is 35.5. The summed E-state index contributed by atoms with van der Waals surface area (Å²) in [5, 5.41) is 15.4. The maximum atomic E-state index is 8.56. The lowest BCUT2D eigenvalue weighted by Crippen LogP contribution is -2.30. The Hall–Kier alpha value is -0.840. The molecule has 14 heavy (non-hydrogen) atoms. The summed E-state index contributed by atoms with van der Waals surface area (Å²) in [4.78, 5) is 0. The van der Waals surface area contributed by atoms with Gasteiger partial charge in [-0.3, -0.25) is 0 Å². The summed E-state index contributed by atoms with van der Waals surface area (Å²) >= 11 is 10.9. The molecule has 76 valence electrons. The SMILES string of the molecule is OCCNC(=S)Nc1ccccc1Cl. The lowest BCUT2D eigenvalue weighted by Gasteiger charge is -2.10. The van der Waals surface area contributed by atoms with Crippen LogP contribution in [0.25, 0.3) is 0 Å². The van der Waals surface area contributed by atoms with Crippen LogP contribution in [-0.2, 0) is 0 Å². The summed E-state index contributed by atoms with van der Waals surface area (Å²) in [6, 6.07) is 7.31. The quantitative estimate of drug-likeness (QED) is 0.691. The third-order valence-corrected chi connectivity index (χ3v) is 2.10. The molecule has 0 aliphatic heterocycles. The summed E-state index contributed by atoms with van der Waals surface area (Å²) < 4.78 is 0. The molecule has 0 heterocycles. The fraction of sp³-hybridized carbons (Fsp3) is 0.222. The van der Waals surface area contributed by atoms with Crippen LogP contribution < -0.4 is 10.6 Å². The Balaban J connectivity index is 2.52. The number of halogens is 1. The van der Waals surface area contributed by atoms with Gasteiger partial charge in [0.25, 0.3) is 0 Å². The average Bonchev–Trinajstić information content (AvgIpc) is 2.18. The van der Waals surface area contributed by atoms with Gasteiger partial charge in [-0.15, -0.1) is 0 Å². The van der Waals surface area contributed by atoms with Crippen LogP contribution in [0.5, 0.6) is 0 Å². The molecule has 0 aliphatic rings. The van der Waals surface area contributed by atoms with Crippen molar-refractivity contribution < 1.29 is 5.11 Å². The van der Waals surface area contributed by atoms with Gasteiger partial charge in [-0.25, -0.2) is 0 Å². The minimum Gasteiger partial charge on any atom is -0.395 e. The smallest absolute Gasteiger partial charge is 0.170 e. The van der Waals surface area contributed by atoms with Gasteiger partial charge in [-0.05, 0) is 24.4 Å². The molecule has 0 unspecified atom stereocenters. The topological polar surface area (TPSA) is 44.3 Å². The number of nitrogens with one attached hydrogen (secondary N) is 2. The van der Waals surface area contributed by atoms with Crippen LogP contribution >= 0.6 is 23.8 Å². The average molecular weight is 231 g/mol. The molecule has 0 saturated heterocycles. The fourth-order valence-electron chi connectivity index (χ4n) is 0.899. The predicted octanol–water partition coefficient (Wildman–Crippen LogP) is 1.62. The number of aliphatic hydroxyl groups is 1. The van der Waals surface area contributed by atoms with E-state index in [1.54, 1.807) is 6.07 Å². The lowest BCUT2D eigenvalue weighted by atomic mass is 10.3. The minimum absolute atomic E-state index is 0.0460. The number of hydrogen-bond acceptors (Lipinski definition) is 2. The first-order valence-corrected chi connectivity index (χ1v) is 4.93. The van der Waals surface area contributed by atoms with Crippen LogP contribution in [0.3, 0.4) is 0 Å². The van der Waals surface area contributed by atoms with Crippen molar-refractivity contribution in [2.45, 2.75) is 0 Å². The van der Waals surface area contributed by atoms with Crippen molar-refractivity contribution in [2.75, 3.05) is 18.5 Å². The van der Waals surface area contributed by atoms with Crippen LogP contribution in [0.2, 0.25) is 5.02 Å². The summed E-state index contributed by atoms with van der Waals surface area (Å²) in [7, 11) is 0. The van der Waals surface area contributed by atoms with Crippen molar-refractivity contribution in [3.05, 3.63) is 29.3 Å². The van der Waals surface area contributed by atoms with Crippen LogP contribution in [0, 0.1) is 0 Å². The van der Waals surface area contributed by atoms with E-state index in [0.29, 0.717) is 16.7 Å². The number of para-hydroxylation sites is 1. The van der Waals surface area contributed by atoms with E-state index < -0.39 is 0 Å². The molecular weight excluding hydrogens is 220 g/mol. The zero-order valence-electron chi connectivity index (χ0n) is 7.46. The molecule has 0 spiro atoms. The first kappa shape index (κ1) is 11.2. The van der Waals surface area contributed by atoms with Gasteiger partial charge in [-0.1, -0.05) is 23.7 Å². The van der Waals surface area contributed by atoms with Gasteiger partial charge in [-0.2, -0.15) is 0 Å². The molecule has 0 fully saturated rings. The fourth-order valence-corrected chi connectivity index (χ4v) is 1.29. The molecule has 0 saturated carbocycles. The monoisotopic (exact) mass is 230 g/mol. The molecule has 0 aromatic heterocycles. The second kappa shape index (κ2) is 5.80. The summed E-state index contributed by atoms with van der Waals surface area (Å²) in [6.07, 6.45) is 0. The van der Waals surface area contributed by atoms with Crippen LogP contribution in [-0.4, -0.2) is 23.4 Å². The molecule has 0 bridgehead atoms. The van der Waals surface area contributed by atoms with E-state index in [9.17, 15) is 0 Å². The highest BCUT2D eigenvalue weighted by molar-refractivity contribution is 7.80. The van der Waals surface area contributed by atoms with Crippen LogP contribution in [0.1, 0.15) is 0 Å². The third kappa shape index (κ3) is 3.49. The Bertz CT molecular complexity index is 319. The molecule has 1 rings (SSSR count). The third-order valence-electron chi connectivity index (χ3n) is 1.52. The Morgan fingerprint density at radius 2 is 2.14 bits per heavy atom. The van der Waals surface area contributed by atoms with Gasteiger partial charge in [0.1, 0.15) is 0 Å². The molecular formula is C9H11ClN2OS. The van der Waals surface area contributed by atoms with Gasteiger partial charge >= 0.3 is 0 Å². The predicted molar refractivity (Wildman–Crippen MR) is 62.8 cm³/mol. The molecule has 5 heteroatoms. The molecule has 1 aromatic carbocycles. The Morgan fingerprint density at radius 3 is 2.79 bits per heavy atom. The van der Waals surface area contributed by atoms with Crippen LogP contribution in [0.15, 0.2) is 24.3 Å². The Kier molecular flexibility index (Phi) is 4.65. The molecule has 0 radical (unpaired) electrons. The first-order chi connectivity index (χ1) is 6.74. The van der Waals surface area contributed by atoms with Crippen molar-refractivity contribution in [3.63, 3.8) is 0 Å². The van der Waals surface area contributed by atoms with Crippen molar-refractivity contribution >= 4 is 34.6 Å². The van der Waals surface area contributed by atoms with Crippen LogP contribution in [0.4, 0.5) is 5.69 Å². The number of hydrogen-bond donors (Lipinski definition) is 3. The maximum absolute atomic E-state index is 8.56. The molecule has 3 nitrogen and oxygen atoms in total. The van der Waals surface area contributed by atoms with Gasteiger partial charge in [0, 0.05) is 6.54 Å². The number of anilines is 1. The van der Waals surface area contributed by atoms with Gasteiger partial charge in [0.2, 0.25) is 0 Å². The minimum atomic E-state index is 0.0460. The van der Waals surface area contributed by atoms with Crippen molar-refractivity contribution in [2.24, 2.45) is 0 Å². The van der Waals surface area contributed by atoms with E-state index >= 15 is 0 Å². The van der Waals surface area contributed by atoms with E-state index in [1.807, 2.05) is 18.2 Å². The second-order valence-corrected chi connectivity index (χ2v) is 3.40. The first-order valence-electron chi connectivity index (χ1n) is 4.14. The van der Waals surface area contributed by atoms with Gasteiger partial charge < -0.3 is 15.7 Å². The Labute approximate surface area is 93.1 Å². The molecule has 0 atom stereocenters. The van der Waals surface area contributed by atoms with E-state index in [0.717, 1.165) is 5.69 Å². The van der Waals surface area contributed by atoms with Crippen molar-refractivity contribution in [1.29, 1.82) is 0 Å². The lowest BCUT2D eigenvalue weighted by molar-refractivity contribution is 0.301. The van der Waals surface area contributed by atoms with E-state index in [2.05, 4.69) is 10.6 Å². The van der Waals surface area contributed by atoms with E-state index in [-0.39, 0.29) is 6.61 Å². The number of aliphatic hydroxyl groups excluding tert-OH is 1. The maximum Gasteiger partial charge on any atom is 0.170 e. The normalized spacial score (nSPS) is 9.57. The van der Waals surface area contributed by atoms with Gasteiger partial charge in [0.15, 0.2) is 5.11 Å². The zero-order chi connectivity index (χ0) is 10.4. The highest BCUT2D eigenvalue weighted by Crippen LogP contribution is 2.19. The van der Waals surface area contributed by atoms with E-state index in [1.165, 1.54) is 0 Å². The largest absolute Gasteiger partial charge is 0.395 e. The van der Waals surface area contributed by atoms with Crippen molar-refractivity contribution in [1.82, 2.24) is 5.32 Å². The number of benzene rings is 1. The summed E-state index contributed by atoms with van der Waals surface area (Å²) in [6.45, 7) is 0.473. The standard InChI is InChI=1S/C9H11ClN2OS/c10-7-3-1-2-4-8(7)12-9(14)11-5-6-13/h1-4,13H,5-6H2,(H2,11,12,14). The van der Waals surface area contributed by atoms with E-state index in [4.69, 9.17) is 28.9 Å². The molecule has 3 N–H and O–H groups in total. The highest BCUT2D eigenvalue weighted by Gasteiger charge is 1.99. The zero-order valence-corrected chi connectivity index (χ0v) is 9.03. The number of thiocarbonyl (C=S) groups is 1. The van der Waals surface area contributed by atoms with Gasteiger partial charge in [0.05, 0.1) is 17.3 Å². The molecule has 0 aliphatic carbocycles. The molecule has 1 aromatic rings. The number of rotatable bonds is 3. The Morgan fingerprint density at radius 1 is 1.43 bits per heavy atom.